The summed E-state index contributed by atoms with van der Waals surface area (Å²) in [4.78, 5) is 4.41. The van der Waals surface area contributed by atoms with Crippen molar-refractivity contribution in [2.45, 2.75) is 13.8 Å². The number of fused-ring (bicyclic) bond motifs is 1. The molecule has 4 heteroatoms. The van der Waals surface area contributed by atoms with E-state index in [-0.39, 0.29) is 0 Å². The van der Waals surface area contributed by atoms with E-state index in [2.05, 4.69) is 11.1 Å². The minimum Gasteiger partial charge on any atom is -0.494 e. The zero-order chi connectivity index (χ0) is 14.1. The van der Waals surface area contributed by atoms with Crippen molar-refractivity contribution >= 4 is 22.6 Å². The van der Waals surface area contributed by atoms with Crippen LogP contribution in [0.15, 0.2) is 42.5 Å². The molecule has 102 valence electrons. The second kappa shape index (κ2) is 5.17. The summed E-state index contributed by atoms with van der Waals surface area (Å²) in [5, 5.41) is 0.467. The van der Waals surface area contributed by atoms with Crippen molar-refractivity contribution < 1.29 is 4.74 Å². The van der Waals surface area contributed by atoms with Gasteiger partial charge in [0, 0.05) is 5.69 Å². The molecule has 0 fully saturated rings. The molecule has 0 spiro atoms. The summed E-state index contributed by atoms with van der Waals surface area (Å²) in [6.07, 6.45) is 0. The summed E-state index contributed by atoms with van der Waals surface area (Å²) in [7, 11) is 0. The minimum atomic E-state index is 0.467. The molecular formula is C16H15ClN2O. The first-order valence-corrected chi connectivity index (χ1v) is 6.94. The first kappa shape index (κ1) is 13.0. The molecule has 3 nitrogen and oxygen atoms in total. The van der Waals surface area contributed by atoms with Gasteiger partial charge >= 0.3 is 0 Å². The largest absolute Gasteiger partial charge is 0.494 e. The van der Waals surface area contributed by atoms with Crippen molar-refractivity contribution in [3.8, 4) is 11.4 Å². The fourth-order valence-electron chi connectivity index (χ4n) is 2.26. The van der Waals surface area contributed by atoms with E-state index in [9.17, 15) is 0 Å². The van der Waals surface area contributed by atoms with Crippen LogP contribution in [-0.4, -0.2) is 16.2 Å². The molecule has 0 radical (unpaired) electrons. The van der Waals surface area contributed by atoms with Crippen molar-refractivity contribution in [3.05, 3.63) is 53.3 Å². The summed E-state index contributed by atoms with van der Waals surface area (Å²) in [5.74, 6) is 0.854. The van der Waals surface area contributed by atoms with Gasteiger partial charge in [0.25, 0.3) is 0 Å². The zero-order valence-corrected chi connectivity index (χ0v) is 12.2. The number of aromatic nitrogens is 2. The number of ether oxygens (including phenoxy) is 1. The molecule has 2 aromatic carbocycles. The Hall–Kier alpha value is -2.00. The van der Waals surface area contributed by atoms with Gasteiger partial charge in [-0.3, -0.25) is 4.57 Å². The van der Waals surface area contributed by atoms with Gasteiger partial charge in [0.2, 0.25) is 5.28 Å². The van der Waals surface area contributed by atoms with Crippen LogP contribution >= 0.6 is 11.6 Å². The van der Waals surface area contributed by atoms with Crippen LogP contribution in [0.1, 0.15) is 12.5 Å². The van der Waals surface area contributed by atoms with E-state index in [1.54, 1.807) is 0 Å². The van der Waals surface area contributed by atoms with Crippen LogP contribution in [0.4, 0.5) is 0 Å². The van der Waals surface area contributed by atoms with Gasteiger partial charge < -0.3 is 4.74 Å². The predicted molar refractivity (Wildman–Crippen MR) is 82.0 cm³/mol. The SMILES string of the molecule is CCOc1ccc(-n2c(Cl)nc3cc(C)ccc32)cc1. The maximum Gasteiger partial charge on any atom is 0.208 e. The number of rotatable bonds is 3. The fourth-order valence-corrected chi connectivity index (χ4v) is 2.54. The third-order valence-corrected chi connectivity index (χ3v) is 3.43. The van der Waals surface area contributed by atoms with E-state index in [0.717, 1.165) is 22.5 Å². The topological polar surface area (TPSA) is 27.1 Å². The molecule has 1 heterocycles. The monoisotopic (exact) mass is 286 g/mol. The Kier molecular flexibility index (Phi) is 3.36. The maximum atomic E-state index is 6.28. The van der Waals surface area contributed by atoms with E-state index in [0.29, 0.717) is 11.9 Å². The maximum absolute atomic E-state index is 6.28. The number of hydrogen-bond acceptors (Lipinski definition) is 2. The van der Waals surface area contributed by atoms with E-state index in [1.807, 2.05) is 54.8 Å². The van der Waals surface area contributed by atoms with Crippen LogP contribution in [0.3, 0.4) is 0 Å². The average Bonchev–Trinajstić information content (AvgIpc) is 2.75. The summed E-state index contributed by atoms with van der Waals surface area (Å²) in [5.41, 5.74) is 4.06. The lowest BCUT2D eigenvalue weighted by molar-refractivity contribution is 0.340. The first-order chi connectivity index (χ1) is 9.69. The summed E-state index contributed by atoms with van der Waals surface area (Å²) >= 11 is 6.28. The Morgan fingerprint density at radius 3 is 2.60 bits per heavy atom. The number of imidazole rings is 1. The lowest BCUT2D eigenvalue weighted by Gasteiger charge is -2.08. The van der Waals surface area contributed by atoms with Gasteiger partial charge in [-0.1, -0.05) is 6.07 Å². The lowest BCUT2D eigenvalue weighted by Crippen LogP contribution is -1.95. The molecular weight excluding hydrogens is 272 g/mol. The lowest BCUT2D eigenvalue weighted by atomic mass is 10.2. The smallest absolute Gasteiger partial charge is 0.208 e. The number of hydrogen-bond donors (Lipinski definition) is 0. The number of aryl methyl sites for hydroxylation is 1. The second-order valence-corrected chi connectivity index (χ2v) is 4.97. The van der Waals surface area contributed by atoms with Gasteiger partial charge in [0.15, 0.2) is 0 Å². The Balaban J connectivity index is 2.11. The highest BCUT2D eigenvalue weighted by molar-refractivity contribution is 6.29. The Labute approximate surface area is 122 Å². The number of benzene rings is 2. The first-order valence-electron chi connectivity index (χ1n) is 6.57. The molecule has 0 unspecified atom stereocenters. The van der Waals surface area contributed by atoms with Gasteiger partial charge in [0.05, 0.1) is 17.6 Å². The molecule has 0 saturated carbocycles. The minimum absolute atomic E-state index is 0.467. The highest BCUT2D eigenvalue weighted by atomic mass is 35.5. The molecule has 0 atom stereocenters. The van der Waals surface area contributed by atoms with Crippen molar-refractivity contribution in [3.63, 3.8) is 0 Å². The molecule has 0 N–H and O–H groups in total. The normalized spacial score (nSPS) is 10.9. The van der Waals surface area contributed by atoms with Crippen LogP contribution in [-0.2, 0) is 0 Å². The van der Waals surface area contributed by atoms with Gasteiger partial charge in [-0.2, -0.15) is 0 Å². The summed E-state index contributed by atoms with van der Waals surface area (Å²) in [6.45, 7) is 4.67. The molecule has 0 aliphatic heterocycles. The Morgan fingerprint density at radius 2 is 1.90 bits per heavy atom. The van der Waals surface area contributed by atoms with Crippen molar-refractivity contribution in [2.24, 2.45) is 0 Å². The van der Waals surface area contributed by atoms with Gasteiger partial charge in [-0.05, 0) is 67.4 Å². The van der Waals surface area contributed by atoms with Crippen LogP contribution < -0.4 is 4.74 Å². The van der Waals surface area contributed by atoms with E-state index < -0.39 is 0 Å². The molecule has 1 aromatic heterocycles. The highest BCUT2D eigenvalue weighted by Gasteiger charge is 2.10. The fraction of sp³-hybridized carbons (Fsp3) is 0.188. The van der Waals surface area contributed by atoms with Crippen LogP contribution in [0.25, 0.3) is 16.7 Å². The van der Waals surface area contributed by atoms with Crippen molar-refractivity contribution in [1.82, 2.24) is 9.55 Å². The summed E-state index contributed by atoms with van der Waals surface area (Å²) < 4.78 is 7.39. The molecule has 3 aromatic rings. The molecule has 0 amide bonds. The molecule has 3 rings (SSSR count). The Morgan fingerprint density at radius 1 is 1.15 bits per heavy atom. The van der Waals surface area contributed by atoms with Crippen LogP contribution in [0.5, 0.6) is 5.75 Å². The second-order valence-electron chi connectivity index (χ2n) is 4.64. The van der Waals surface area contributed by atoms with Crippen molar-refractivity contribution in [1.29, 1.82) is 0 Å². The molecule has 0 aliphatic rings. The molecule has 0 bridgehead atoms. The summed E-state index contributed by atoms with van der Waals surface area (Å²) in [6, 6.07) is 14.0. The zero-order valence-electron chi connectivity index (χ0n) is 11.4. The predicted octanol–water partition coefficient (Wildman–Crippen LogP) is 4.39. The van der Waals surface area contributed by atoms with E-state index >= 15 is 0 Å². The van der Waals surface area contributed by atoms with Gasteiger partial charge in [-0.15, -0.1) is 0 Å². The molecule has 20 heavy (non-hydrogen) atoms. The van der Waals surface area contributed by atoms with Crippen LogP contribution in [0, 0.1) is 6.92 Å². The third-order valence-electron chi connectivity index (χ3n) is 3.17. The quantitative estimate of drug-likeness (QED) is 0.714. The average molecular weight is 287 g/mol. The standard InChI is InChI=1S/C16H15ClN2O/c1-3-20-13-7-5-12(6-8-13)19-15-9-4-11(2)10-14(15)18-16(19)17/h4-10H,3H2,1-2H3. The van der Waals surface area contributed by atoms with Crippen LogP contribution in [0.2, 0.25) is 5.28 Å². The van der Waals surface area contributed by atoms with E-state index in [4.69, 9.17) is 16.3 Å². The number of halogens is 1. The van der Waals surface area contributed by atoms with Crippen molar-refractivity contribution in [2.75, 3.05) is 6.61 Å². The Bertz CT molecular complexity index is 747. The third kappa shape index (κ3) is 2.25. The van der Waals surface area contributed by atoms with E-state index in [1.165, 1.54) is 5.56 Å². The highest BCUT2D eigenvalue weighted by Crippen LogP contribution is 2.26. The molecule has 0 aliphatic carbocycles. The number of nitrogens with zero attached hydrogens (tertiary/aromatic N) is 2. The van der Waals surface area contributed by atoms with Gasteiger partial charge in [0.1, 0.15) is 5.75 Å². The molecule has 0 saturated heterocycles. The van der Waals surface area contributed by atoms with Gasteiger partial charge in [-0.25, -0.2) is 4.98 Å².